The van der Waals surface area contributed by atoms with E-state index in [1.807, 2.05) is 24.3 Å². The molecular weight excluding hydrogens is 184 g/mol. The number of rotatable bonds is 4. The van der Waals surface area contributed by atoms with Crippen molar-refractivity contribution in [1.29, 1.82) is 0 Å². The van der Waals surface area contributed by atoms with Crippen LogP contribution in [0.5, 0.6) is 0 Å². The van der Waals surface area contributed by atoms with Crippen molar-refractivity contribution in [2.75, 3.05) is 6.54 Å². The highest BCUT2D eigenvalue weighted by molar-refractivity contribution is 6.30. The molecule has 2 nitrogen and oxygen atoms in total. The van der Waals surface area contributed by atoms with E-state index in [2.05, 4.69) is 12.2 Å². The van der Waals surface area contributed by atoms with Gasteiger partial charge in [0, 0.05) is 24.2 Å². The highest BCUT2D eigenvalue weighted by Gasteiger charge is 1.97. The van der Waals surface area contributed by atoms with Gasteiger partial charge in [0.05, 0.1) is 0 Å². The molecule has 3 N–H and O–H groups in total. The third-order valence-corrected chi connectivity index (χ3v) is 2.17. The molecule has 0 aliphatic carbocycles. The minimum absolute atomic E-state index is 0.357. The fraction of sp³-hybridized carbons (Fsp3) is 0.400. The molecule has 0 unspecified atom stereocenters. The molecule has 0 heterocycles. The third kappa shape index (κ3) is 3.77. The van der Waals surface area contributed by atoms with Gasteiger partial charge in [0.25, 0.3) is 0 Å². The van der Waals surface area contributed by atoms with Gasteiger partial charge in [-0.2, -0.15) is 0 Å². The fourth-order valence-corrected chi connectivity index (χ4v) is 1.10. The zero-order valence-electron chi connectivity index (χ0n) is 7.76. The summed E-state index contributed by atoms with van der Waals surface area (Å²) in [4.78, 5) is 0. The summed E-state index contributed by atoms with van der Waals surface area (Å²) in [6, 6.07) is 8.17. The zero-order chi connectivity index (χ0) is 9.68. The van der Waals surface area contributed by atoms with Gasteiger partial charge in [-0.3, -0.25) is 0 Å². The number of halogens is 1. The summed E-state index contributed by atoms with van der Waals surface area (Å²) in [5, 5.41) is 4.07. The van der Waals surface area contributed by atoms with Crippen molar-refractivity contribution >= 4 is 11.6 Å². The molecule has 0 bridgehead atoms. The van der Waals surface area contributed by atoms with Gasteiger partial charge in [0.2, 0.25) is 0 Å². The second-order valence-corrected chi connectivity index (χ2v) is 3.58. The van der Waals surface area contributed by atoms with Crippen LogP contribution in [0, 0.1) is 0 Å². The monoisotopic (exact) mass is 198 g/mol. The molecule has 1 atom stereocenters. The van der Waals surface area contributed by atoms with E-state index in [0.717, 1.165) is 11.6 Å². The maximum Gasteiger partial charge on any atom is 0.0406 e. The van der Waals surface area contributed by atoms with E-state index in [1.54, 1.807) is 0 Å². The van der Waals surface area contributed by atoms with Crippen molar-refractivity contribution in [1.82, 2.24) is 5.32 Å². The molecule has 1 aromatic rings. The Labute approximate surface area is 84.1 Å². The van der Waals surface area contributed by atoms with E-state index in [1.165, 1.54) is 5.56 Å². The summed E-state index contributed by atoms with van der Waals surface area (Å²) in [5.41, 5.74) is 6.70. The number of hydrogen-bond acceptors (Lipinski definition) is 2. The molecule has 0 radical (unpaired) electrons. The molecular formula is C10H15ClN2. The minimum Gasteiger partial charge on any atom is -0.329 e. The van der Waals surface area contributed by atoms with Gasteiger partial charge in [-0.1, -0.05) is 23.7 Å². The van der Waals surface area contributed by atoms with Gasteiger partial charge >= 0.3 is 0 Å². The van der Waals surface area contributed by atoms with Crippen molar-refractivity contribution in [3.63, 3.8) is 0 Å². The topological polar surface area (TPSA) is 38.0 Å². The van der Waals surface area contributed by atoms with Gasteiger partial charge in [0.1, 0.15) is 0 Å². The average molecular weight is 199 g/mol. The largest absolute Gasteiger partial charge is 0.329 e. The van der Waals surface area contributed by atoms with Crippen molar-refractivity contribution in [3.8, 4) is 0 Å². The SMILES string of the molecule is C[C@@H](CN)NCc1ccc(Cl)cc1. The van der Waals surface area contributed by atoms with E-state index in [-0.39, 0.29) is 0 Å². The Bertz CT molecular complexity index is 246. The lowest BCUT2D eigenvalue weighted by atomic mass is 10.2. The van der Waals surface area contributed by atoms with Gasteiger partial charge < -0.3 is 11.1 Å². The van der Waals surface area contributed by atoms with Crippen LogP contribution in [0.4, 0.5) is 0 Å². The van der Waals surface area contributed by atoms with Gasteiger partial charge in [-0.25, -0.2) is 0 Å². The standard InChI is InChI=1S/C10H15ClN2/c1-8(6-12)13-7-9-2-4-10(11)5-3-9/h2-5,8,13H,6-7,12H2,1H3/t8-/m0/s1. The summed E-state index contributed by atoms with van der Waals surface area (Å²) >= 11 is 5.76. The van der Waals surface area contributed by atoms with Crippen molar-refractivity contribution in [3.05, 3.63) is 34.9 Å². The number of hydrogen-bond donors (Lipinski definition) is 2. The summed E-state index contributed by atoms with van der Waals surface area (Å²) < 4.78 is 0. The van der Waals surface area contributed by atoms with Crippen LogP contribution in [0.25, 0.3) is 0 Å². The average Bonchev–Trinajstić information content (AvgIpc) is 2.16. The second kappa shape index (κ2) is 5.22. The number of nitrogens with two attached hydrogens (primary N) is 1. The lowest BCUT2D eigenvalue weighted by Crippen LogP contribution is -2.32. The zero-order valence-corrected chi connectivity index (χ0v) is 8.51. The highest BCUT2D eigenvalue weighted by Crippen LogP contribution is 2.09. The van der Waals surface area contributed by atoms with E-state index >= 15 is 0 Å². The summed E-state index contributed by atoms with van der Waals surface area (Å²) in [6.07, 6.45) is 0. The molecule has 3 heteroatoms. The van der Waals surface area contributed by atoms with Crippen LogP contribution >= 0.6 is 11.6 Å². The first kappa shape index (κ1) is 10.5. The second-order valence-electron chi connectivity index (χ2n) is 3.14. The first-order chi connectivity index (χ1) is 6.22. The first-order valence-electron chi connectivity index (χ1n) is 4.40. The van der Waals surface area contributed by atoms with Crippen LogP contribution in [0.2, 0.25) is 5.02 Å². The molecule has 13 heavy (non-hydrogen) atoms. The molecule has 1 rings (SSSR count). The van der Waals surface area contributed by atoms with Gasteiger partial charge in [0.15, 0.2) is 0 Å². The third-order valence-electron chi connectivity index (χ3n) is 1.92. The minimum atomic E-state index is 0.357. The maximum atomic E-state index is 5.76. The molecule has 0 saturated carbocycles. The summed E-state index contributed by atoms with van der Waals surface area (Å²) in [6.45, 7) is 3.57. The number of benzene rings is 1. The molecule has 0 amide bonds. The van der Waals surface area contributed by atoms with Gasteiger partial charge in [-0.05, 0) is 24.6 Å². The molecule has 0 spiro atoms. The quantitative estimate of drug-likeness (QED) is 0.774. The normalized spacial score (nSPS) is 12.8. The maximum absolute atomic E-state index is 5.76. The van der Waals surface area contributed by atoms with Crippen LogP contribution in [-0.4, -0.2) is 12.6 Å². The Balaban J connectivity index is 2.41. The number of nitrogens with one attached hydrogen (secondary N) is 1. The van der Waals surface area contributed by atoms with Crippen molar-refractivity contribution in [2.24, 2.45) is 5.73 Å². The predicted octanol–water partition coefficient (Wildman–Crippen LogP) is 1.78. The van der Waals surface area contributed by atoms with Crippen LogP contribution in [0.15, 0.2) is 24.3 Å². The Morgan fingerprint density at radius 1 is 1.38 bits per heavy atom. The molecule has 72 valence electrons. The summed E-state index contributed by atoms with van der Waals surface area (Å²) in [5.74, 6) is 0. The predicted molar refractivity (Wildman–Crippen MR) is 56.8 cm³/mol. The summed E-state index contributed by atoms with van der Waals surface area (Å²) in [7, 11) is 0. The van der Waals surface area contributed by atoms with E-state index in [4.69, 9.17) is 17.3 Å². The molecule has 1 aromatic carbocycles. The lowest BCUT2D eigenvalue weighted by Gasteiger charge is -2.10. The Kier molecular flexibility index (Phi) is 4.22. The van der Waals surface area contributed by atoms with Crippen molar-refractivity contribution in [2.45, 2.75) is 19.5 Å². The molecule has 0 saturated heterocycles. The highest BCUT2D eigenvalue weighted by atomic mass is 35.5. The van der Waals surface area contributed by atoms with Crippen LogP contribution in [0.1, 0.15) is 12.5 Å². The van der Waals surface area contributed by atoms with E-state index in [0.29, 0.717) is 12.6 Å². The molecule has 0 aliphatic heterocycles. The first-order valence-corrected chi connectivity index (χ1v) is 4.78. The van der Waals surface area contributed by atoms with Gasteiger partial charge in [-0.15, -0.1) is 0 Å². The lowest BCUT2D eigenvalue weighted by molar-refractivity contribution is 0.556. The Morgan fingerprint density at radius 2 is 2.00 bits per heavy atom. The van der Waals surface area contributed by atoms with Crippen LogP contribution in [0.3, 0.4) is 0 Å². The Hall–Kier alpha value is -0.570. The molecule has 0 aromatic heterocycles. The van der Waals surface area contributed by atoms with Crippen LogP contribution < -0.4 is 11.1 Å². The van der Waals surface area contributed by atoms with E-state index < -0.39 is 0 Å². The smallest absolute Gasteiger partial charge is 0.0406 e. The van der Waals surface area contributed by atoms with Crippen molar-refractivity contribution < 1.29 is 0 Å². The van der Waals surface area contributed by atoms with E-state index in [9.17, 15) is 0 Å². The molecule has 0 fully saturated rings. The van der Waals surface area contributed by atoms with Crippen LogP contribution in [-0.2, 0) is 6.54 Å². The molecule has 0 aliphatic rings. The Morgan fingerprint density at radius 3 is 2.54 bits per heavy atom. The fourth-order valence-electron chi connectivity index (χ4n) is 0.978.